The van der Waals surface area contributed by atoms with Crippen LogP contribution in [0.25, 0.3) is 0 Å². The van der Waals surface area contributed by atoms with Crippen molar-refractivity contribution in [3.05, 3.63) is 70.2 Å². The molecular formula is C14H11ClO2. The van der Waals surface area contributed by atoms with Crippen molar-refractivity contribution in [2.75, 3.05) is 0 Å². The summed E-state index contributed by atoms with van der Waals surface area (Å²) in [5.41, 5.74) is 1.97. The lowest BCUT2D eigenvalue weighted by Gasteiger charge is -2.08. The Morgan fingerprint density at radius 3 is 2.41 bits per heavy atom. The number of rotatable bonds is 3. The molecular weight excluding hydrogens is 236 g/mol. The minimum absolute atomic E-state index is 0.265. The number of carbonyl (C=O) groups is 1. The summed E-state index contributed by atoms with van der Waals surface area (Å²) in [6, 6.07) is 14.6. The van der Waals surface area contributed by atoms with E-state index in [1.54, 1.807) is 18.2 Å². The van der Waals surface area contributed by atoms with Gasteiger partial charge in [0.2, 0.25) is 0 Å². The van der Waals surface area contributed by atoms with Crippen molar-refractivity contribution in [2.24, 2.45) is 0 Å². The lowest BCUT2D eigenvalue weighted by atomic mass is 10.00. The SMILES string of the molecule is O=C(O)c1cccc(Cl)c1Cc1ccccc1. The van der Waals surface area contributed by atoms with Gasteiger partial charge in [0.1, 0.15) is 0 Å². The number of halogens is 1. The first kappa shape index (κ1) is 11.7. The molecule has 0 aromatic heterocycles. The van der Waals surface area contributed by atoms with Crippen molar-refractivity contribution in [1.82, 2.24) is 0 Å². The smallest absolute Gasteiger partial charge is 0.336 e. The standard InChI is InChI=1S/C14H11ClO2/c15-13-8-4-7-11(14(16)17)12(13)9-10-5-2-1-3-6-10/h1-8H,9H2,(H,16,17). The minimum atomic E-state index is -0.946. The van der Waals surface area contributed by atoms with E-state index in [0.29, 0.717) is 17.0 Å². The van der Waals surface area contributed by atoms with E-state index in [9.17, 15) is 4.79 Å². The Hall–Kier alpha value is -1.80. The van der Waals surface area contributed by atoms with Crippen LogP contribution in [0.1, 0.15) is 21.5 Å². The van der Waals surface area contributed by atoms with E-state index in [0.717, 1.165) is 5.56 Å². The number of carboxylic acids is 1. The Morgan fingerprint density at radius 1 is 1.06 bits per heavy atom. The second-order valence-corrected chi connectivity index (χ2v) is 4.14. The monoisotopic (exact) mass is 246 g/mol. The second-order valence-electron chi connectivity index (χ2n) is 3.73. The molecule has 86 valence electrons. The third-order valence-corrected chi connectivity index (χ3v) is 2.93. The first-order valence-electron chi connectivity index (χ1n) is 5.23. The van der Waals surface area contributed by atoms with Crippen LogP contribution in [0, 0.1) is 0 Å². The first-order valence-corrected chi connectivity index (χ1v) is 5.61. The molecule has 1 N–H and O–H groups in total. The van der Waals surface area contributed by atoms with Gasteiger partial charge in [0, 0.05) is 5.02 Å². The van der Waals surface area contributed by atoms with Gasteiger partial charge in [-0.15, -0.1) is 0 Å². The summed E-state index contributed by atoms with van der Waals surface area (Å²) in [4.78, 5) is 11.1. The molecule has 0 bridgehead atoms. The highest BCUT2D eigenvalue weighted by atomic mass is 35.5. The minimum Gasteiger partial charge on any atom is -0.478 e. The van der Waals surface area contributed by atoms with Crippen LogP contribution in [0.2, 0.25) is 5.02 Å². The quantitative estimate of drug-likeness (QED) is 0.898. The second kappa shape index (κ2) is 5.02. The maximum atomic E-state index is 11.1. The number of hydrogen-bond donors (Lipinski definition) is 1. The van der Waals surface area contributed by atoms with Crippen LogP contribution in [0.3, 0.4) is 0 Å². The third-order valence-electron chi connectivity index (χ3n) is 2.57. The van der Waals surface area contributed by atoms with Gasteiger partial charge in [0.15, 0.2) is 0 Å². The Kier molecular flexibility index (Phi) is 3.45. The average molecular weight is 247 g/mol. The normalized spacial score (nSPS) is 10.2. The number of aromatic carboxylic acids is 1. The van der Waals surface area contributed by atoms with E-state index in [1.807, 2.05) is 30.3 Å². The predicted molar refractivity (Wildman–Crippen MR) is 67.7 cm³/mol. The molecule has 2 aromatic rings. The predicted octanol–water partition coefficient (Wildman–Crippen LogP) is 3.63. The number of carboxylic acid groups (broad SMARTS) is 1. The Bertz CT molecular complexity index is 535. The largest absolute Gasteiger partial charge is 0.478 e. The molecule has 0 aliphatic rings. The van der Waals surface area contributed by atoms with Gasteiger partial charge in [-0.25, -0.2) is 4.79 Å². The fraction of sp³-hybridized carbons (Fsp3) is 0.0714. The fourth-order valence-corrected chi connectivity index (χ4v) is 1.98. The zero-order valence-corrected chi connectivity index (χ0v) is 9.82. The summed E-state index contributed by atoms with van der Waals surface area (Å²) in [5.74, 6) is -0.946. The van der Waals surface area contributed by atoms with Gasteiger partial charge in [0.25, 0.3) is 0 Å². The highest BCUT2D eigenvalue weighted by molar-refractivity contribution is 6.31. The van der Waals surface area contributed by atoms with Crippen LogP contribution in [0.4, 0.5) is 0 Å². The molecule has 0 radical (unpaired) electrons. The fourth-order valence-electron chi connectivity index (χ4n) is 1.74. The molecule has 0 atom stereocenters. The van der Waals surface area contributed by atoms with Crippen LogP contribution >= 0.6 is 11.6 Å². The Morgan fingerprint density at radius 2 is 1.76 bits per heavy atom. The van der Waals surface area contributed by atoms with Crippen LogP contribution in [-0.2, 0) is 6.42 Å². The summed E-state index contributed by atoms with van der Waals surface area (Å²) in [5, 5.41) is 9.60. The summed E-state index contributed by atoms with van der Waals surface area (Å²) in [7, 11) is 0. The summed E-state index contributed by atoms with van der Waals surface area (Å²) in [6.45, 7) is 0. The molecule has 0 aliphatic heterocycles. The van der Waals surface area contributed by atoms with Gasteiger partial charge in [-0.05, 0) is 29.7 Å². The molecule has 0 saturated heterocycles. The van der Waals surface area contributed by atoms with E-state index in [2.05, 4.69) is 0 Å². The maximum absolute atomic E-state index is 11.1. The lowest BCUT2D eigenvalue weighted by Crippen LogP contribution is -2.03. The molecule has 3 heteroatoms. The highest BCUT2D eigenvalue weighted by Gasteiger charge is 2.13. The van der Waals surface area contributed by atoms with Crippen LogP contribution < -0.4 is 0 Å². The molecule has 0 spiro atoms. The van der Waals surface area contributed by atoms with Gasteiger partial charge in [-0.1, -0.05) is 48.0 Å². The topological polar surface area (TPSA) is 37.3 Å². The van der Waals surface area contributed by atoms with Gasteiger partial charge >= 0.3 is 5.97 Å². The van der Waals surface area contributed by atoms with Crippen molar-refractivity contribution < 1.29 is 9.90 Å². The molecule has 0 amide bonds. The third kappa shape index (κ3) is 2.66. The van der Waals surface area contributed by atoms with Gasteiger partial charge in [0.05, 0.1) is 5.56 Å². The van der Waals surface area contributed by atoms with Crippen LogP contribution in [-0.4, -0.2) is 11.1 Å². The molecule has 2 aromatic carbocycles. The van der Waals surface area contributed by atoms with Gasteiger partial charge in [-0.3, -0.25) is 0 Å². The molecule has 17 heavy (non-hydrogen) atoms. The van der Waals surface area contributed by atoms with Crippen molar-refractivity contribution in [1.29, 1.82) is 0 Å². The summed E-state index contributed by atoms with van der Waals surface area (Å²) < 4.78 is 0. The Labute approximate surface area is 104 Å². The van der Waals surface area contributed by atoms with E-state index in [1.165, 1.54) is 0 Å². The lowest BCUT2D eigenvalue weighted by molar-refractivity contribution is 0.0696. The number of hydrogen-bond acceptors (Lipinski definition) is 1. The maximum Gasteiger partial charge on any atom is 0.336 e. The summed E-state index contributed by atoms with van der Waals surface area (Å²) >= 11 is 6.06. The number of benzene rings is 2. The molecule has 0 heterocycles. The van der Waals surface area contributed by atoms with E-state index in [-0.39, 0.29) is 5.56 Å². The molecule has 0 fully saturated rings. The highest BCUT2D eigenvalue weighted by Crippen LogP contribution is 2.23. The van der Waals surface area contributed by atoms with Crippen molar-refractivity contribution in [2.45, 2.75) is 6.42 Å². The van der Waals surface area contributed by atoms with Gasteiger partial charge in [-0.2, -0.15) is 0 Å². The van der Waals surface area contributed by atoms with E-state index < -0.39 is 5.97 Å². The van der Waals surface area contributed by atoms with E-state index in [4.69, 9.17) is 16.7 Å². The van der Waals surface area contributed by atoms with Crippen LogP contribution in [0.15, 0.2) is 48.5 Å². The Balaban J connectivity index is 2.41. The summed E-state index contributed by atoms with van der Waals surface area (Å²) in [6.07, 6.45) is 0.530. The molecule has 0 saturated carbocycles. The molecule has 2 nitrogen and oxygen atoms in total. The first-order chi connectivity index (χ1) is 8.18. The van der Waals surface area contributed by atoms with Crippen molar-refractivity contribution in [3.8, 4) is 0 Å². The van der Waals surface area contributed by atoms with Crippen LogP contribution in [0.5, 0.6) is 0 Å². The molecule has 2 rings (SSSR count). The van der Waals surface area contributed by atoms with E-state index >= 15 is 0 Å². The molecule has 0 aliphatic carbocycles. The van der Waals surface area contributed by atoms with Crippen molar-refractivity contribution >= 4 is 17.6 Å². The zero-order valence-electron chi connectivity index (χ0n) is 9.06. The zero-order chi connectivity index (χ0) is 12.3. The average Bonchev–Trinajstić information content (AvgIpc) is 2.33. The van der Waals surface area contributed by atoms with Crippen molar-refractivity contribution in [3.63, 3.8) is 0 Å². The van der Waals surface area contributed by atoms with Gasteiger partial charge < -0.3 is 5.11 Å². The molecule has 0 unspecified atom stereocenters.